The van der Waals surface area contributed by atoms with Crippen molar-refractivity contribution in [3.05, 3.63) is 0 Å². The van der Waals surface area contributed by atoms with Gasteiger partial charge in [0.25, 0.3) is 0 Å². The summed E-state index contributed by atoms with van der Waals surface area (Å²) >= 11 is 0. The van der Waals surface area contributed by atoms with Gasteiger partial charge in [-0.15, -0.1) is 0 Å². The Morgan fingerprint density at radius 3 is 2.87 bits per heavy atom. The number of carbonyl (C=O) groups excluding carboxylic acids is 1. The van der Waals surface area contributed by atoms with Crippen LogP contribution in [-0.4, -0.2) is 41.4 Å². The van der Waals surface area contributed by atoms with Crippen molar-refractivity contribution in [3.63, 3.8) is 0 Å². The highest BCUT2D eigenvalue weighted by atomic mass is 16.7. The Morgan fingerprint density at radius 1 is 1.27 bits per heavy atom. The van der Waals surface area contributed by atoms with Gasteiger partial charge in [-0.25, -0.2) is 0 Å². The second-order valence-electron chi connectivity index (χ2n) is 5.48. The number of rotatable bonds is 0. The normalized spacial score (nSPS) is 68.1. The van der Waals surface area contributed by atoms with E-state index in [9.17, 15) is 4.79 Å². The minimum absolute atomic E-state index is 0.0557. The van der Waals surface area contributed by atoms with Gasteiger partial charge < -0.3 is 14.2 Å². The molecule has 3 saturated heterocycles. The first-order valence-electron chi connectivity index (χ1n) is 5.80. The molecule has 15 heavy (non-hydrogen) atoms. The highest BCUT2D eigenvalue weighted by Crippen LogP contribution is 2.75. The van der Waals surface area contributed by atoms with Gasteiger partial charge in [0.2, 0.25) is 5.78 Å². The quantitative estimate of drug-likeness (QED) is 0.533. The lowest BCUT2D eigenvalue weighted by Gasteiger charge is -2.30. The zero-order chi connectivity index (χ0) is 9.89. The zero-order valence-electron chi connectivity index (χ0n) is 8.32. The highest BCUT2D eigenvalue weighted by molar-refractivity contribution is 6.00. The summed E-state index contributed by atoms with van der Waals surface area (Å²) in [7, 11) is 0. The number of hydrogen-bond acceptors (Lipinski definition) is 4. The van der Waals surface area contributed by atoms with Crippen LogP contribution in [0.5, 0.6) is 0 Å². The van der Waals surface area contributed by atoms with E-state index < -0.39 is 5.60 Å². The minimum atomic E-state index is -0.592. The van der Waals surface area contributed by atoms with Gasteiger partial charge in [-0.2, -0.15) is 0 Å². The van der Waals surface area contributed by atoms with Gasteiger partial charge in [0.05, 0.1) is 6.61 Å². The Morgan fingerprint density at radius 2 is 2.07 bits per heavy atom. The van der Waals surface area contributed by atoms with E-state index in [1.807, 2.05) is 0 Å². The largest absolute Gasteiger partial charge is 0.358 e. The molecule has 3 aliphatic heterocycles. The molecule has 5 fully saturated rings. The standard InChI is InChI=1S/C11H12O4/c12-7-6-8(14-6)9-3-1-2-4-11(9,15-9)10(7)5-13-10/h6,8H,1-5H2. The summed E-state index contributed by atoms with van der Waals surface area (Å²) in [5.74, 6) is 0.155. The van der Waals surface area contributed by atoms with Crippen LogP contribution in [0.1, 0.15) is 25.7 Å². The van der Waals surface area contributed by atoms with Crippen molar-refractivity contribution in [3.8, 4) is 0 Å². The maximum Gasteiger partial charge on any atom is 0.201 e. The number of Topliss-reactive ketones (excluding diaryl/α,β-unsaturated/α-hetero) is 1. The van der Waals surface area contributed by atoms with Gasteiger partial charge in [-0.3, -0.25) is 4.79 Å². The molecule has 0 aromatic heterocycles. The maximum atomic E-state index is 12.1. The van der Waals surface area contributed by atoms with Gasteiger partial charge in [-0.1, -0.05) is 12.8 Å². The van der Waals surface area contributed by atoms with Crippen molar-refractivity contribution in [1.82, 2.24) is 0 Å². The molecule has 2 saturated carbocycles. The average Bonchev–Trinajstić information content (AvgIpc) is 3.13. The van der Waals surface area contributed by atoms with Crippen molar-refractivity contribution in [2.24, 2.45) is 0 Å². The number of carbonyl (C=O) groups is 1. The molecule has 5 atom stereocenters. The predicted molar refractivity (Wildman–Crippen MR) is 47.4 cm³/mol. The first-order chi connectivity index (χ1) is 7.26. The summed E-state index contributed by atoms with van der Waals surface area (Å²) in [6.45, 7) is 0.556. The van der Waals surface area contributed by atoms with E-state index in [1.165, 1.54) is 6.42 Å². The summed E-state index contributed by atoms with van der Waals surface area (Å²) in [6, 6.07) is 0. The van der Waals surface area contributed by atoms with Crippen LogP contribution in [-0.2, 0) is 19.0 Å². The highest BCUT2D eigenvalue weighted by Gasteiger charge is 2.95. The molecule has 5 rings (SSSR count). The van der Waals surface area contributed by atoms with Crippen molar-refractivity contribution >= 4 is 5.78 Å². The van der Waals surface area contributed by atoms with E-state index in [2.05, 4.69) is 0 Å². The van der Waals surface area contributed by atoms with Gasteiger partial charge in [-0.05, 0) is 12.8 Å². The fourth-order valence-electron chi connectivity index (χ4n) is 4.16. The van der Waals surface area contributed by atoms with Gasteiger partial charge in [0, 0.05) is 0 Å². The number of fused-ring (bicyclic) bond motifs is 1. The molecule has 0 amide bonds. The molecule has 0 aromatic rings. The van der Waals surface area contributed by atoms with Crippen LogP contribution >= 0.6 is 0 Å². The van der Waals surface area contributed by atoms with Crippen LogP contribution in [0.2, 0.25) is 0 Å². The summed E-state index contributed by atoms with van der Waals surface area (Å²) in [5, 5.41) is 0. The molecule has 0 bridgehead atoms. The third kappa shape index (κ3) is 0.546. The molecule has 5 unspecified atom stereocenters. The van der Waals surface area contributed by atoms with E-state index in [0.29, 0.717) is 6.61 Å². The van der Waals surface area contributed by atoms with Crippen molar-refractivity contribution in [2.45, 2.75) is 54.7 Å². The summed E-state index contributed by atoms with van der Waals surface area (Å²) in [4.78, 5) is 12.1. The van der Waals surface area contributed by atoms with Crippen molar-refractivity contribution in [2.75, 3.05) is 6.61 Å². The first-order valence-corrected chi connectivity index (χ1v) is 5.80. The second-order valence-corrected chi connectivity index (χ2v) is 5.48. The van der Waals surface area contributed by atoms with E-state index >= 15 is 0 Å². The summed E-state index contributed by atoms with van der Waals surface area (Å²) in [6.07, 6.45) is 4.22. The second kappa shape index (κ2) is 1.79. The molecule has 1 spiro atoms. The topological polar surface area (TPSA) is 54.7 Å². The molecule has 5 aliphatic rings. The predicted octanol–water partition coefficient (Wildman–Crippen LogP) is 0.187. The molecule has 3 heterocycles. The van der Waals surface area contributed by atoms with Gasteiger partial charge >= 0.3 is 0 Å². The molecular weight excluding hydrogens is 196 g/mol. The molecular formula is C11H12O4. The van der Waals surface area contributed by atoms with Crippen LogP contribution in [0.3, 0.4) is 0 Å². The lowest BCUT2D eigenvalue weighted by molar-refractivity contribution is -0.128. The fraction of sp³-hybridized carbons (Fsp3) is 0.909. The monoisotopic (exact) mass is 208 g/mol. The van der Waals surface area contributed by atoms with Crippen LogP contribution in [0.25, 0.3) is 0 Å². The summed E-state index contributed by atoms with van der Waals surface area (Å²) in [5.41, 5.74) is -1.02. The van der Waals surface area contributed by atoms with Crippen LogP contribution in [0.15, 0.2) is 0 Å². The van der Waals surface area contributed by atoms with Crippen LogP contribution < -0.4 is 0 Å². The smallest absolute Gasteiger partial charge is 0.201 e. The van der Waals surface area contributed by atoms with E-state index in [-0.39, 0.29) is 29.2 Å². The Labute approximate surface area is 86.9 Å². The van der Waals surface area contributed by atoms with Crippen LogP contribution in [0.4, 0.5) is 0 Å². The Hall–Kier alpha value is -0.450. The van der Waals surface area contributed by atoms with Crippen molar-refractivity contribution in [1.29, 1.82) is 0 Å². The van der Waals surface area contributed by atoms with Crippen LogP contribution in [0, 0.1) is 0 Å². The minimum Gasteiger partial charge on any atom is -0.358 e. The molecule has 4 nitrogen and oxygen atoms in total. The third-order valence-corrected chi connectivity index (χ3v) is 5.02. The Kier molecular flexibility index (Phi) is 0.925. The van der Waals surface area contributed by atoms with E-state index in [0.717, 1.165) is 19.3 Å². The number of ketones is 1. The zero-order valence-corrected chi connectivity index (χ0v) is 8.32. The molecule has 2 aliphatic carbocycles. The number of hydrogen-bond donors (Lipinski definition) is 0. The Balaban J connectivity index is 1.72. The molecule has 80 valence electrons. The average molecular weight is 208 g/mol. The van der Waals surface area contributed by atoms with Gasteiger partial charge in [0.15, 0.2) is 5.60 Å². The molecule has 0 aromatic carbocycles. The Bertz CT molecular complexity index is 401. The lowest BCUT2D eigenvalue weighted by Crippen LogP contribution is -2.55. The van der Waals surface area contributed by atoms with Gasteiger partial charge in [0.1, 0.15) is 23.4 Å². The molecule has 0 N–H and O–H groups in total. The fourth-order valence-corrected chi connectivity index (χ4v) is 4.16. The van der Waals surface area contributed by atoms with E-state index in [4.69, 9.17) is 14.2 Å². The summed E-state index contributed by atoms with van der Waals surface area (Å²) < 4.78 is 17.1. The SMILES string of the molecule is O=C1C2OC2C23CCCCC2(O3)C12CO2. The lowest BCUT2D eigenvalue weighted by atomic mass is 9.65. The molecule has 4 heteroatoms. The first kappa shape index (κ1) is 7.76. The molecule has 0 radical (unpaired) electrons. The number of epoxide rings is 3. The van der Waals surface area contributed by atoms with E-state index in [1.54, 1.807) is 0 Å². The third-order valence-electron chi connectivity index (χ3n) is 5.02. The van der Waals surface area contributed by atoms with Crippen molar-refractivity contribution < 1.29 is 19.0 Å². The maximum absolute atomic E-state index is 12.1. The number of ether oxygens (including phenoxy) is 3.